The lowest BCUT2D eigenvalue weighted by Gasteiger charge is -2.09. The maximum absolute atomic E-state index is 11.7. The van der Waals surface area contributed by atoms with Gasteiger partial charge in [0.25, 0.3) is 5.91 Å². The van der Waals surface area contributed by atoms with E-state index in [1.54, 1.807) is 24.3 Å². The van der Waals surface area contributed by atoms with Crippen molar-refractivity contribution in [1.82, 2.24) is 10.6 Å². The molecule has 3 N–H and O–H groups in total. The van der Waals surface area contributed by atoms with E-state index in [0.29, 0.717) is 10.6 Å². The molecular formula is C13H13BrN2O4S. The standard InChI is InChI=1S/C13H13BrN2O4S/c14-11-4-3-10(21-11)13(19)16-7-12(18)15-6-8(17)9-2-1-5-20-9/h1-5,8,17H,6-7H2,(H,15,18)(H,16,19). The van der Waals surface area contributed by atoms with Gasteiger partial charge in [0.05, 0.1) is 28.0 Å². The fourth-order valence-corrected chi connectivity index (χ4v) is 2.84. The Labute approximate surface area is 133 Å². The first kappa shape index (κ1) is 15.7. The zero-order chi connectivity index (χ0) is 15.2. The Morgan fingerprint density at radius 2 is 2.14 bits per heavy atom. The summed E-state index contributed by atoms with van der Waals surface area (Å²) in [6, 6.07) is 6.70. The molecule has 1 atom stereocenters. The molecule has 2 rings (SSSR count). The van der Waals surface area contributed by atoms with Gasteiger partial charge in [-0.1, -0.05) is 0 Å². The Kier molecular flexibility index (Phi) is 5.54. The normalized spacial score (nSPS) is 11.9. The highest BCUT2D eigenvalue weighted by molar-refractivity contribution is 9.11. The Morgan fingerprint density at radius 3 is 2.76 bits per heavy atom. The molecule has 0 spiro atoms. The van der Waals surface area contributed by atoms with Crippen LogP contribution in [0.25, 0.3) is 0 Å². The van der Waals surface area contributed by atoms with E-state index >= 15 is 0 Å². The second-order valence-corrected chi connectivity index (χ2v) is 6.58. The molecule has 0 saturated heterocycles. The van der Waals surface area contributed by atoms with Crippen LogP contribution in [0.4, 0.5) is 0 Å². The molecule has 0 radical (unpaired) electrons. The number of hydrogen-bond acceptors (Lipinski definition) is 5. The lowest BCUT2D eigenvalue weighted by atomic mass is 10.3. The van der Waals surface area contributed by atoms with Crippen LogP contribution in [0.2, 0.25) is 0 Å². The van der Waals surface area contributed by atoms with Crippen molar-refractivity contribution in [3.8, 4) is 0 Å². The smallest absolute Gasteiger partial charge is 0.261 e. The van der Waals surface area contributed by atoms with Gasteiger partial charge >= 0.3 is 0 Å². The molecule has 0 aliphatic heterocycles. The van der Waals surface area contributed by atoms with E-state index in [2.05, 4.69) is 26.6 Å². The molecule has 0 fully saturated rings. The SMILES string of the molecule is O=C(CNC(=O)c1ccc(Br)s1)NCC(O)c1ccco1. The van der Waals surface area contributed by atoms with Gasteiger partial charge in [0, 0.05) is 0 Å². The van der Waals surface area contributed by atoms with E-state index in [-0.39, 0.29) is 24.9 Å². The summed E-state index contributed by atoms with van der Waals surface area (Å²) in [5.41, 5.74) is 0. The van der Waals surface area contributed by atoms with Crippen molar-refractivity contribution < 1.29 is 19.1 Å². The molecule has 2 amide bonds. The number of carbonyl (C=O) groups excluding carboxylic acids is 2. The highest BCUT2D eigenvalue weighted by atomic mass is 79.9. The highest BCUT2D eigenvalue weighted by Gasteiger charge is 2.13. The fourth-order valence-electron chi connectivity index (χ4n) is 1.54. The third-order valence-corrected chi connectivity index (χ3v) is 4.19. The zero-order valence-electron chi connectivity index (χ0n) is 10.8. The Morgan fingerprint density at radius 1 is 1.33 bits per heavy atom. The molecule has 2 heterocycles. The number of hydrogen-bond donors (Lipinski definition) is 3. The fraction of sp³-hybridized carbons (Fsp3) is 0.231. The van der Waals surface area contributed by atoms with E-state index < -0.39 is 6.10 Å². The molecular weight excluding hydrogens is 360 g/mol. The molecule has 6 nitrogen and oxygen atoms in total. The first-order valence-corrected chi connectivity index (χ1v) is 7.69. The minimum absolute atomic E-state index is 0.0206. The van der Waals surface area contributed by atoms with E-state index in [1.165, 1.54) is 17.6 Å². The Hall–Kier alpha value is -1.64. The van der Waals surface area contributed by atoms with Crippen molar-refractivity contribution in [2.24, 2.45) is 0 Å². The number of aliphatic hydroxyl groups is 1. The summed E-state index contributed by atoms with van der Waals surface area (Å²) < 4.78 is 5.86. The number of rotatable bonds is 6. The average Bonchev–Trinajstić information content (AvgIpc) is 3.13. The topological polar surface area (TPSA) is 91.6 Å². The lowest BCUT2D eigenvalue weighted by Crippen LogP contribution is -2.38. The van der Waals surface area contributed by atoms with Gasteiger partial charge in [-0.25, -0.2) is 0 Å². The van der Waals surface area contributed by atoms with Gasteiger partial charge in [-0.3, -0.25) is 9.59 Å². The van der Waals surface area contributed by atoms with Crippen LogP contribution in [0.15, 0.2) is 38.7 Å². The first-order valence-electron chi connectivity index (χ1n) is 6.08. The van der Waals surface area contributed by atoms with Crippen molar-refractivity contribution in [3.63, 3.8) is 0 Å². The van der Waals surface area contributed by atoms with E-state index in [4.69, 9.17) is 4.42 Å². The maximum Gasteiger partial charge on any atom is 0.261 e. The number of thiophene rings is 1. The van der Waals surface area contributed by atoms with Crippen LogP contribution in [0.3, 0.4) is 0 Å². The van der Waals surface area contributed by atoms with Gasteiger partial charge < -0.3 is 20.2 Å². The van der Waals surface area contributed by atoms with E-state index in [1.807, 2.05) is 0 Å². The van der Waals surface area contributed by atoms with Crippen molar-refractivity contribution in [3.05, 3.63) is 45.0 Å². The number of aliphatic hydroxyl groups excluding tert-OH is 1. The third kappa shape index (κ3) is 4.69. The number of carbonyl (C=O) groups is 2. The van der Waals surface area contributed by atoms with Gasteiger partial charge in [0.1, 0.15) is 11.9 Å². The van der Waals surface area contributed by atoms with Gasteiger partial charge in [-0.15, -0.1) is 11.3 Å². The van der Waals surface area contributed by atoms with Gasteiger partial charge in [0.15, 0.2) is 0 Å². The van der Waals surface area contributed by atoms with Crippen LogP contribution in [-0.2, 0) is 4.79 Å². The number of amides is 2. The van der Waals surface area contributed by atoms with Crippen LogP contribution < -0.4 is 10.6 Å². The second-order valence-electron chi connectivity index (χ2n) is 4.12. The van der Waals surface area contributed by atoms with Crippen LogP contribution in [0.5, 0.6) is 0 Å². The molecule has 0 bridgehead atoms. The van der Waals surface area contributed by atoms with Crippen molar-refractivity contribution in [1.29, 1.82) is 0 Å². The summed E-state index contributed by atoms with van der Waals surface area (Å²) >= 11 is 4.55. The highest BCUT2D eigenvalue weighted by Crippen LogP contribution is 2.21. The second kappa shape index (κ2) is 7.39. The van der Waals surface area contributed by atoms with Crippen molar-refractivity contribution in [2.45, 2.75) is 6.10 Å². The molecule has 21 heavy (non-hydrogen) atoms. The number of halogens is 1. The molecule has 2 aromatic rings. The molecule has 0 aromatic carbocycles. The lowest BCUT2D eigenvalue weighted by molar-refractivity contribution is -0.120. The maximum atomic E-state index is 11.7. The summed E-state index contributed by atoms with van der Waals surface area (Å²) in [6.45, 7) is -0.133. The molecule has 112 valence electrons. The summed E-state index contributed by atoms with van der Waals surface area (Å²) in [6.07, 6.45) is 0.535. The van der Waals surface area contributed by atoms with Crippen LogP contribution in [-0.4, -0.2) is 30.0 Å². The van der Waals surface area contributed by atoms with E-state index in [0.717, 1.165) is 3.79 Å². The summed E-state index contributed by atoms with van der Waals surface area (Å²) in [7, 11) is 0. The molecule has 8 heteroatoms. The van der Waals surface area contributed by atoms with Gasteiger partial charge in [-0.05, 0) is 40.2 Å². The molecule has 1 unspecified atom stereocenters. The van der Waals surface area contributed by atoms with E-state index in [9.17, 15) is 14.7 Å². The predicted molar refractivity (Wildman–Crippen MR) is 81.0 cm³/mol. The average molecular weight is 373 g/mol. The first-order chi connectivity index (χ1) is 10.1. The molecule has 2 aromatic heterocycles. The Balaban J connectivity index is 1.71. The quantitative estimate of drug-likeness (QED) is 0.719. The summed E-state index contributed by atoms with van der Waals surface area (Å²) in [5.74, 6) is -0.320. The Bertz CT molecular complexity index is 611. The summed E-state index contributed by atoms with van der Waals surface area (Å²) in [5, 5.41) is 14.7. The number of nitrogens with one attached hydrogen (secondary N) is 2. The van der Waals surface area contributed by atoms with Gasteiger partial charge in [0.2, 0.25) is 5.91 Å². The van der Waals surface area contributed by atoms with Crippen LogP contribution in [0.1, 0.15) is 21.5 Å². The van der Waals surface area contributed by atoms with Crippen molar-refractivity contribution >= 4 is 39.1 Å². The third-order valence-electron chi connectivity index (χ3n) is 2.57. The minimum Gasteiger partial charge on any atom is -0.467 e. The van der Waals surface area contributed by atoms with Crippen LogP contribution >= 0.6 is 27.3 Å². The molecule has 0 aliphatic rings. The van der Waals surface area contributed by atoms with Gasteiger partial charge in [-0.2, -0.15) is 0 Å². The summed E-state index contributed by atoms with van der Waals surface area (Å²) in [4.78, 5) is 23.8. The predicted octanol–water partition coefficient (Wildman–Crippen LogP) is 1.68. The molecule has 0 aliphatic carbocycles. The van der Waals surface area contributed by atoms with Crippen LogP contribution in [0, 0.1) is 0 Å². The largest absolute Gasteiger partial charge is 0.467 e. The number of furan rings is 1. The van der Waals surface area contributed by atoms with Crippen molar-refractivity contribution in [2.75, 3.05) is 13.1 Å². The monoisotopic (exact) mass is 372 g/mol. The zero-order valence-corrected chi connectivity index (χ0v) is 13.2. The molecule has 0 saturated carbocycles. The minimum atomic E-state index is -0.909.